The third kappa shape index (κ3) is 29.5. The molecule has 0 radical (unpaired) electrons. The zero-order chi connectivity index (χ0) is 43.1. The summed E-state index contributed by atoms with van der Waals surface area (Å²) >= 11 is 0. The van der Waals surface area contributed by atoms with E-state index < -0.39 is 28.1 Å². The average molecular weight is 1230 g/mol. The minimum absolute atomic E-state index is 0. The van der Waals surface area contributed by atoms with Crippen LogP contribution in [-0.2, 0) is 28.8 Å². The maximum Gasteiger partial charge on any atom is 2.00 e. The molecule has 0 fully saturated rings. The summed E-state index contributed by atoms with van der Waals surface area (Å²) in [5, 5.41) is 10.6. The van der Waals surface area contributed by atoms with E-state index >= 15 is 0 Å². The average Bonchev–Trinajstić information content (AvgIpc) is 2.99. The van der Waals surface area contributed by atoms with Gasteiger partial charge in [-0.25, -0.2) is 0 Å². The van der Waals surface area contributed by atoms with Gasteiger partial charge in [0.05, 0.1) is 27.7 Å². The Hall–Kier alpha value is 1.37. The summed E-state index contributed by atoms with van der Waals surface area (Å²) < 4.78 is 0. The van der Waals surface area contributed by atoms with Gasteiger partial charge in [0.25, 0.3) is 5.97 Å². The molecule has 0 saturated carbocycles. The van der Waals surface area contributed by atoms with Gasteiger partial charge in [0, 0.05) is 82.3 Å². The van der Waals surface area contributed by atoms with Crippen molar-refractivity contribution in [2.24, 2.45) is 5.73 Å². The van der Waals surface area contributed by atoms with E-state index in [0.29, 0.717) is 0 Å². The van der Waals surface area contributed by atoms with E-state index in [1.54, 1.807) is 59.6 Å². The number of carbonyl (C=O) groups is 6. The number of hydrogen-bond acceptors (Lipinski definition) is 10. The number of nitrogens with one attached hydrogen (secondary N) is 1. The SMILES string of the molecule is C.C.C.CC(=O)N(C)C(C)(C)C(C)(C)N(C)C(C)=O.CC(=O)N(C)C(C)(C)C(C)(C)N(C)C(C)=O.CC(=O)O.CN.CNC(C)(C)C(C)(C)N(C)C(C)=O.N.N.[Ba+2].[Ba+2].[Ba+2].[H-].[H-].[H-].[H-].[H-].[H-]. The molecule has 5 amide bonds. The number of carbonyl (C=O) groups excluding carboxylic acids is 5. The molecule has 0 aromatic heterocycles. The van der Waals surface area contributed by atoms with Crippen molar-refractivity contribution in [3.63, 3.8) is 0 Å². The summed E-state index contributed by atoms with van der Waals surface area (Å²) in [5.41, 5.74) is 2.47. The van der Waals surface area contributed by atoms with Gasteiger partial charge in [0.15, 0.2) is 0 Å². The number of amides is 5. The molecule has 0 atom stereocenters. The second kappa shape index (κ2) is 39.7. The molecule has 0 aliphatic heterocycles. The van der Waals surface area contributed by atoms with Crippen molar-refractivity contribution in [1.29, 1.82) is 0 Å². The fourth-order valence-corrected chi connectivity index (χ4v) is 4.33. The maximum atomic E-state index is 11.5. The van der Waals surface area contributed by atoms with Crippen LogP contribution in [0.15, 0.2) is 0 Å². The largest absolute Gasteiger partial charge is 2.00 e. The van der Waals surface area contributed by atoms with Crippen molar-refractivity contribution < 1.29 is 42.4 Å². The smallest absolute Gasteiger partial charge is 1.00 e. The van der Waals surface area contributed by atoms with E-state index in [1.165, 1.54) is 34.7 Å². The molecule has 0 spiro atoms. The minimum Gasteiger partial charge on any atom is -1.00 e. The topological polar surface area (TPSA) is 247 Å². The maximum absolute atomic E-state index is 11.5. The van der Waals surface area contributed by atoms with Crippen molar-refractivity contribution in [3.8, 4) is 0 Å². The Labute approximate surface area is 494 Å². The van der Waals surface area contributed by atoms with Gasteiger partial charge in [-0.2, -0.15) is 0 Å². The van der Waals surface area contributed by atoms with Gasteiger partial charge in [0.2, 0.25) is 29.5 Å². The van der Waals surface area contributed by atoms with Crippen LogP contribution in [0, 0.1) is 0 Å². The summed E-state index contributed by atoms with van der Waals surface area (Å²) in [6.07, 6.45) is 0. The minimum atomic E-state index is -0.833. The Balaban J connectivity index is -0.0000000246. The van der Waals surface area contributed by atoms with Gasteiger partial charge in [0.1, 0.15) is 0 Å². The molecule has 0 aliphatic carbocycles. The molecule has 0 saturated heterocycles. The Bertz CT molecular complexity index is 1070. The van der Waals surface area contributed by atoms with Gasteiger partial charge >= 0.3 is 147 Å². The molecule has 19 heteroatoms. The van der Waals surface area contributed by atoms with E-state index in [0.717, 1.165) is 6.92 Å². The van der Waals surface area contributed by atoms with E-state index in [4.69, 9.17) is 9.90 Å². The fraction of sp³-hybridized carbons (Fsp3) is 0.850. The van der Waals surface area contributed by atoms with E-state index in [-0.39, 0.29) is 230 Å². The third-order valence-electron chi connectivity index (χ3n) is 11.7. The van der Waals surface area contributed by atoms with E-state index in [1.807, 2.05) is 69.5 Å². The van der Waals surface area contributed by atoms with Gasteiger partial charge < -0.3 is 61.5 Å². The second-order valence-corrected chi connectivity index (χ2v) is 15.6. The van der Waals surface area contributed by atoms with Crippen LogP contribution < -0.4 is 23.4 Å². The van der Waals surface area contributed by atoms with Crippen molar-refractivity contribution in [2.75, 3.05) is 49.3 Å². The van der Waals surface area contributed by atoms with Crippen molar-refractivity contribution in [2.45, 2.75) is 180 Å². The van der Waals surface area contributed by atoms with Crippen LogP contribution >= 0.6 is 0 Å². The third-order valence-corrected chi connectivity index (χ3v) is 11.7. The van der Waals surface area contributed by atoms with Gasteiger partial charge in [-0.05, 0) is 97.2 Å². The normalized spacial score (nSPS) is 10.0. The molecule has 356 valence electrons. The van der Waals surface area contributed by atoms with Crippen LogP contribution in [0.1, 0.15) is 155 Å². The van der Waals surface area contributed by atoms with Crippen LogP contribution in [0.5, 0.6) is 0 Å². The Morgan fingerprint density at radius 2 is 0.525 bits per heavy atom. The standard InChI is InChI=1S/2C12H24N2O2.C10H22N2O.C2H4O2.CH5N.3CH4.3Ba.2H3N.6H/c2*1-9(15)13(7)11(3,4)12(5,6)14(8)10(2)16;1-8(13)12(7)10(4,5)9(2,3)11-6;1-2(3)4;1-2;;;;;;;;;;;;;;/h2*1-8H3;11H,1-7H3;1H3,(H,3,4);2H2,1H3;3*1H4;;;;2*1H3;;;;;;/q;;;;;;;;3*+2;;;6*-1. The monoisotopic (exact) mass is 1240 g/mol. The first-order chi connectivity index (χ1) is 22.3. The first-order valence-electron chi connectivity index (χ1n) is 17.0. The van der Waals surface area contributed by atoms with Crippen molar-refractivity contribution >= 4 is 182 Å². The zero-order valence-corrected chi connectivity index (χ0v) is 54.1. The first kappa shape index (κ1) is 94.8. The van der Waals surface area contributed by atoms with Crippen LogP contribution in [0.2, 0.25) is 0 Å². The number of carboxylic acids is 1. The summed E-state index contributed by atoms with van der Waals surface area (Å²) in [6.45, 7) is 32.8. The fourth-order valence-electron chi connectivity index (χ4n) is 4.33. The molecule has 0 rings (SSSR count). The molecule has 0 bridgehead atoms. The van der Waals surface area contributed by atoms with E-state index in [9.17, 15) is 24.0 Å². The number of carboxylic acid groups (broad SMARTS) is 1. The predicted octanol–water partition coefficient (Wildman–Crippen LogP) is 5.67. The number of rotatable bonds is 9. The molecule has 10 N–H and O–H groups in total. The van der Waals surface area contributed by atoms with Gasteiger partial charge in [-0.3, -0.25) is 28.8 Å². The molecular formula is C40H103Ba3N9O7. The van der Waals surface area contributed by atoms with Crippen LogP contribution in [0.3, 0.4) is 0 Å². The number of nitrogens with two attached hydrogens (primary N) is 1. The van der Waals surface area contributed by atoms with Crippen molar-refractivity contribution in [1.82, 2.24) is 42.1 Å². The summed E-state index contributed by atoms with van der Waals surface area (Å²) in [6, 6.07) is 0. The number of nitrogens with zero attached hydrogens (tertiary/aromatic N) is 5. The molecule has 0 aliphatic rings. The Morgan fingerprint density at radius 1 is 0.424 bits per heavy atom. The quantitative estimate of drug-likeness (QED) is 0.176. The number of likely N-dealkylation sites (N-methyl/N-ethyl adjacent to an activating group) is 6. The van der Waals surface area contributed by atoms with Crippen LogP contribution in [-0.4, -0.2) is 294 Å². The second-order valence-electron chi connectivity index (χ2n) is 15.6. The van der Waals surface area contributed by atoms with Gasteiger partial charge in [-0.15, -0.1) is 0 Å². The van der Waals surface area contributed by atoms with Crippen LogP contribution in [0.4, 0.5) is 0 Å². The van der Waals surface area contributed by atoms with Gasteiger partial charge in [-0.1, -0.05) is 22.3 Å². The predicted molar refractivity (Wildman–Crippen MR) is 263 cm³/mol. The summed E-state index contributed by atoms with van der Waals surface area (Å²) in [4.78, 5) is 74.5. The molecular weight excluding hydrogens is 1130 g/mol. The molecule has 59 heavy (non-hydrogen) atoms. The molecule has 16 nitrogen and oxygen atoms in total. The molecule has 0 heterocycles. The molecule has 0 aromatic rings. The van der Waals surface area contributed by atoms with Crippen molar-refractivity contribution in [3.05, 3.63) is 0 Å². The zero-order valence-electron chi connectivity index (χ0n) is 46.7. The number of hydrogen-bond donors (Lipinski definition) is 5. The molecule has 0 unspecified atom stereocenters. The summed E-state index contributed by atoms with van der Waals surface area (Å²) in [5.74, 6) is -0.761. The number of aliphatic carboxylic acids is 1. The van der Waals surface area contributed by atoms with E-state index in [2.05, 4.69) is 38.7 Å². The Kier molecular flexibility index (Phi) is 63.8. The van der Waals surface area contributed by atoms with Crippen LogP contribution in [0.25, 0.3) is 0 Å². The summed E-state index contributed by atoms with van der Waals surface area (Å²) in [7, 11) is 12.3. The Morgan fingerprint density at radius 3 is 0.610 bits per heavy atom. The molecule has 0 aromatic carbocycles. The first-order valence-corrected chi connectivity index (χ1v) is 17.0.